The van der Waals surface area contributed by atoms with Gasteiger partial charge in [-0.1, -0.05) is 6.07 Å². The second-order valence-electron chi connectivity index (χ2n) is 3.96. The first kappa shape index (κ1) is 11.8. The highest BCUT2D eigenvalue weighted by atomic mass is 16.4. The fourth-order valence-corrected chi connectivity index (χ4v) is 1.66. The molecular weight excluding hydrogens is 215 g/mol. The standard InChI is InChI=1S/C12H13BN2O2/c1-8-4-3-5-11(14-8)12-7-10(13(16)17)6-9(2)15-12/h3-7,16-17H,1-2H3. The third-order valence-electron chi connectivity index (χ3n) is 2.42. The second kappa shape index (κ2) is 4.65. The van der Waals surface area contributed by atoms with Crippen LogP contribution in [0.2, 0.25) is 0 Å². The van der Waals surface area contributed by atoms with Gasteiger partial charge in [-0.15, -0.1) is 0 Å². The van der Waals surface area contributed by atoms with E-state index in [1.54, 1.807) is 12.1 Å². The van der Waals surface area contributed by atoms with Gasteiger partial charge in [0.05, 0.1) is 11.4 Å². The van der Waals surface area contributed by atoms with Crippen LogP contribution in [0, 0.1) is 13.8 Å². The average molecular weight is 228 g/mol. The molecular formula is C12H13BN2O2. The first-order valence-corrected chi connectivity index (χ1v) is 5.35. The summed E-state index contributed by atoms with van der Waals surface area (Å²) in [7, 11) is -1.49. The van der Waals surface area contributed by atoms with Crippen LogP contribution >= 0.6 is 0 Å². The highest BCUT2D eigenvalue weighted by Crippen LogP contribution is 2.14. The first-order valence-electron chi connectivity index (χ1n) is 5.35. The Balaban J connectivity index is 2.52. The lowest BCUT2D eigenvalue weighted by molar-refractivity contribution is 0.425. The molecule has 2 rings (SSSR count). The molecule has 0 saturated heterocycles. The SMILES string of the molecule is Cc1cccc(-c2cc(B(O)O)cc(C)n2)n1. The van der Waals surface area contributed by atoms with Gasteiger partial charge in [-0.3, -0.25) is 9.97 Å². The minimum Gasteiger partial charge on any atom is -0.423 e. The molecule has 86 valence electrons. The van der Waals surface area contributed by atoms with E-state index in [1.807, 2.05) is 32.0 Å². The van der Waals surface area contributed by atoms with E-state index in [0.29, 0.717) is 11.2 Å². The van der Waals surface area contributed by atoms with Crippen molar-refractivity contribution in [2.75, 3.05) is 0 Å². The van der Waals surface area contributed by atoms with E-state index < -0.39 is 7.12 Å². The Bertz CT molecular complexity index is 544. The predicted molar refractivity (Wildman–Crippen MR) is 66.8 cm³/mol. The second-order valence-corrected chi connectivity index (χ2v) is 3.96. The summed E-state index contributed by atoms with van der Waals surface area (Å²) in [6.45, 7) is 3.71. The van der Waals surface area contributed by atoms with Crippen LogP contribution in [0.5, 0.6) is 0 Å². The van der Waals surface area contributed by atoms with Crippen LogP contribution < -0.4 is 5.46 Å². The number of nitrogens with zero attached hydrogens (tertiary/aromatic N) is 2. The van der Waals surface area contributed by atoms with Gasteiger partial charge in [-0.2, -0.15) is 0 Å². The summed E-state index contributed by atoms with van der Waals surface area (Å²) in [6.07, 6.45) is 0. The van der Waals surface area contributed by atoms with E-state index >= 15 is 0 Å². The summed E-state index contributed by atoms with van der Waals surface area (Å²) in [5.41, 5.74) is 3.44. The molecule has 0 bridgehead atoms. The van der Waals surface area contributed by atoms with E-state index in [4.69, 9.17) is 0 Å². The van der Waals surface area contributed by atoms with Gasteiger partial charge in [-0.05, 0) is 43.6 Å². The molecule has 0 unspecified atom stereocenters. The van der Waals surface area contributed by atoms with Gasteiger partial charge >= 0.3 is 7.12 Å². The Hall–Kier alpha value is -1.72. The Labute approximate surface area is 100 Å². The highest BCUT2D eigenvalue weighted by Gasteiger charge is 2.14. The topological polar surface area (TPSA) is 66.2 Å². The van der Waals surface area contributed by atoms with Crippen LogP contribution in [0.15, 0.2) is 30.3 Å². The van der Waals surface area contributed by atoms with Crippen LogP contribution in [-0.4, -0.2) is 27.1 Å². The van der Waals surface area contributed by atoms with Crippen molar-refractivity contribution < 1.29 is 10.0 Å². The van der Waals surface area contributed by atoms with E-state index in [1.165, 1.54) is 0 Å². The van der Waals surface area contributed by atoms with Crippen LogP contribution in [0.25, 0.3) is 11.4 Å². The Morgan fingerprint density at radius 2 is 1.65 bits per heavy atom. The van der Waals surface area contributed by atoms with Gasteiger partial charge in [0, 0.05) is 11.4 Å². The zero-order chi connectivity index (χ0) is 12.4. The van der Waals surface area contributed by atoms with E-state index in [0.717, 1.165) is 17.1 Å². The zero-order valence-corrected chi connectivity index (χ0v) is 9.75. The monoisotopic (exact) mass is 228 g/mol. The molecule has 0 amide bonds. The fourth-order valence-electron chi connectivity index (χ4n) is 1.66. The minimum atomic E-state index is -1.49. The van der Waals surface area contributed by atoms with Crippen LogP contribution in [0.4, 0.5) is 0 Å². The molecule has 0 radical (unpaired) electrons. The molecule has 2 aromatic rings. The predicted octanol–water partition coefficient (Wildman–Crippen LogP) is 0.440. The Morgan fingerprint density at radius 3 is 2.29 bits per heavy atom. The molecule has 0 aliphatic carbocycles. The lowest BCUT2D eigenvalue weighted by Gasteiger charge is -2.06. The Morgan fingerprint density at radius 1 is 0.941 bits per heavy atom. The van der Waals surface area contributed by atoms with Crippen molar-refractivity contribution in [3.63, 3.8) is 0 Å². The van der Waals surface area contributed by atoms with Crippen molar-refractivity contribution in [2.24, 2.45) is 0 Å². The number of pyridine rings is 2. The molecule has 0 aromatic carbocycles. The molecule has 5 heteroatoms. The minimum absolute atomic E-state index is 0.427. The van der Waals surface area contributed by atoms with Crippen molar-refractivity contribution >= 4 is 12.6 Å². The third kappa shape index (κ3) is 2.69. The normalized spacial score (nSPS) is 10.4. The molecule has 4 nitrogen and oxygen atoms in total. The van der Waals surface area contributed by atoms with Crippen molar-refractivity contribution in [2.45, 2.75) is 13.8 Å². The molecule has 0 aliphatic rings. The smallest absolute Gasteiger partial charge is 0.423 e. The van der Waals surface area contributed by atoms with E-state index in [-0.39, 0.29) is 0 Å². The van der Waals surface area contributed by atoms with Crippen molar-refractivity contribution in [1.29, 1.82) is 0 Å². The number of aromatic nitrogens is 2. The number of hydrogen-bond donors (Lipinski definition) is 2. The summed E-state index contributed by atoms with van der Waals surface area (Å²) < 4.78 is 0. The summed E-state index contributed by atoms with van der Waals surface area (Å²) in [5, 5.41) is 18.4. The molecule has 0 saturated carbocycles. The summed E-state index contributed by atoms with van der Waals surface area (Å²) >= 11 is 0. The van der Waals surface area contributed by atoms with Crippen LogP contribution in [0.1, 0.15) is 11.4 Å². The molecule has 0 fully saturated rings. The third-order valence-corrected chi connectivity index (χ3v) is 2.42. The molecule has 0 spiro atoms. The average Bonchev–Trinajstić information content (AvgIpc) is 2.28. The fraction of sp³-hybridized carbons (Fsp3) is 0.167. The quantitative estimate of drug-likeness (QED) is 0.732. The number of aryl methyl sites for hydroxylation is 2. The van der Waals surface area contributed by atoms with Crippen molar-refractivity contribution in [1.82, 2.24) is 9.97 Å². The maximum atomic E-state index is 9.18. The maximum Gasteiger partial charge on any atom is 0.488 e. The van der Waals surface area contributed by atoms with Crippen LogP contribution in [-0.2, 0) is 0 Å². The van der Waals surface area contributed by atoms with Gasteiger partial charge in [0.1, 0.15) is 0 Å². The summed E-state index contributed by atoms with van der Waals surface area (Å²) in [6, 6.07) is 8.93. The molecule has 2 aromatic heterocycles. The molecule has 0 aliphatic heterocycles. The highest BCUT2D eigenvalue weighted by molar-refractivity contribution is 6.58. The molecule has 2 N–H and O–H groups in total. The lowest BCUT2D eigenvalue weighted by Crippen LogP contribution is -2.30. The lowest BCUT2D eigenvalue weighted by atomic mass is 9.80. The van der Waals surface area contributed by atoms with E-state index in [9.17, 15) is 10.0 Å². The van der Waals surface area contributed by atoms with E-state index in [2.05, 4.69) is 9.97 Å². The van der Waals surface area contributed by atoms with Crippen molar-refractivity contribution in [3.05, 3.63) is 41.7 Å². The van der Waals surface area contributed by atoms with Gasteiger partial charge in [0.15, 0.2) is 0 Å². The number of rotatable bonds is 2. The maximum absolute atomic E-state index is 9.18. The van der Waals surface area contributed by atoms with Gasteiger partial charge in [0.25, 0.3) is 0 Å². The molecule has 2 heterocycles. The van der Waals surface area contributed by atoms with Gasteiger partial charge in [-0.25, -0.2) is 0 Å². The largest absolute Gasteiger partial charge is 0.488 e. The first-order chi connectivity index (χ1) is 8.06. The Kier molecular flexibility index (Phi) is 3.22. The number of hydrogen-bond acceptors (Lipinski definition) is 4. The summed E-state index contributed by atoms with van der Waals surface area (Å²) in [5.74, 6) is 0. The van der Waals surface area contributed by atoms with Crippen LogP contribution in [0.3, 0.4) is 0 Å². The molecule has 17 heavy (non-hydrogen) atoms. The summed E-state index contributed by atoms with van der Waals surface area (Å²) in [4.78, 5) is 8.70. The van der Waals surface area contributed by atoms with Gasteiger partial charge in [0.2, 0.25) is 0 Å². The zero-order valence-electron chi connectivity index (χ0n) is 9.75. The molecule has 0 atom stereocenters. The van der Waals surface area contributed by atoms with Crippen molar-refractivity contribution in [3.8, 4) is 11.4 Å². The van der Waals surface area contributed by atoms with Gasteiger partial charge < -0.3 is 10.0 Å².